The van der Waals surface area contributed by atoms with E-state index >= 15 is 0 Å². The average Bonchev–Trinajstić information content (AvgIpc) is 3.18. The van der Waals surface area contributed by atoms with Gasteiger partial charge >= 0.3 is 0 Å². The second-order valence-electron chi connectivity index (χ2n) is 10.7. The molecule has 0 amide bonds. The molecule has 0 saturated heterocycles. The Hall–Kier alpha value is -2.50. The first kappa shape index (κ1) is 21.1. The number of fused-ring (bicyclic) bond motifs is 3. The van der Waals surface area contributed by atoms with Gasteiger partial charge in [-0.3, -0.25) is 4.98 Å². The van der Waals surface area contributed by atoms with E-state index in [9.17, 15) is 0 Å². The normalized spacial score (nSPS) is 27.9. The molecule has 1 aromatic heterocycles. The molecular weight excluding hydrogens is 417 g/mol. The van der Waals surface area contributed by atoms with Crippen molar-refractivity contribution in [3.63, 3.8) is 0 Å². The van der Waals surface area contributed by atoms with Crippen LogP contribution in [0, 0.1) is 16.7 Å². The van der Waals surface area contributed by atoms with Crippen LogP contribution in [0.15, 0.2) is 97.1 Å². The fourth-order valence-corrected chi connectivity index (χ4v) is 10.7. The summed E-state index contributed by atoms with van der Waals surface area (Å²) in [5.41, 5.74) is 3.56. The van der Waals surface area contributed by atoms with E-state index in [0.29, 0.717) is 22.9 Å². The van der Waals surface area contributed by atoms with Crippen LogP contribution in [0.3, 0.4) is 0 Å². The third-order valence-corrected chi connectivity index (χ3v) is 12.1. The predicted molar refractivity (Wildman–Crippen MR) is 142 cm³/mol. The van der Waals surface area contributed by atoms with Gasteiger partial charge < -0.3 is 0 Å². The Kier molecular flexibility index (Phi) is 4.96. The second kappa shape index (κ2) is 7.78. The van der Waals surface area contributed by atoms with Crippen LogP contribution >= 0.6 is 7.92 Å². The highest BCUT2D eigenvalue weighted by Crippen LogP contribution is 2.76. The van der Waals surface area contributed by atoms with E-state index in [1.807, 2.05) is 0 Å². The van der Waals surface area contributed by atoms with E-state index in [-0.39, 0.29) is 5.41 Å². The fourth-order valence-electron chi connectivity index (χ4n) is 7.08. The van der Waals surface area contributed by atoms with Crippen LogP contribution in [0.4, 0.5) is 0 Å². The number of hydrogen-bond donors (Lipinski definition) is 0. The van der Waals surface area contributed by atoms with Gasteiger partial charge in [-0.15, -0.1) is 0 Å². The lowest BCUT2D eigenvalue weighted by atomic mass is 9.66. The standard InChI is InChI=1S/C31H32NP/c1-30(2)25-20-21-31(30,3)28(27-19-18-22-12-10-11-17-26(22)32-27)29(25)33(23-13-6-4-7-14-23)24-15-8-5-9-16-24/h4-19,25,28-29H,20-21H2,1-3H3/t25-,28-,29+,31+/m1/s1. The zero-order valence-corrected chi connectivity index (χ0v) is 20.7. The Labute approximate surface area is 199 Å². The van der Waals surface area contributed by atoms with Crippen molar-refractivity contribution in [2.45, 2.75) is 45.2 Å². The lowest BCUT2D eigenvalue weighted by Crippen LogP contribution is -2.35. The molecule has 2 bridgehead atoms. The second-order valence-corrected chi connectivity index (χ2v) is 13.1. The van der Waals surface area contributed by atoms with Gasteiger partial charge in [-0.25, -0.2) is 0 Å². The number of hydrogen-bond acceptors (Lipinski definition) is 1. The molecule has 4 atom stereocenters. The van der Waals surface area contributed by atoms with E-state index in [1.54, 1.807) is 0 Å². The average molecular weight is 450 g/mol. The summed E-state index contributed by atoms with van der Waals surface area (Å²) in [6.07, 6.45) is 2.63. The smallest absolute Gasteiger partial charge is 0.0705 e. The first-order valence-electron chi connectivity index (χ1n) is 12.3. The van der Waals surface area contributed by atoms with Crippen LogP contribution in [0.1, 0.15) is 45.2 Å². The van der Waals surface area contributed by atoms with Crippen molar-refractivity contribution in [2.24, 2.45) is 16.7 Å². The van der Waals surface area contributed by atoms with Crippen molar-refractivity contribution in [3.8, 4) is 0 Å². The fraction of sp³-hybridized carbons (Fsp3) is 0.323. The van der Waals surface area contributed by atoms with Crippen LogP contribution in [0.5, 0.6) is 0 Å². The van der Waals surface area contributed by atoms with Crippen molar-refractivity contribution >= 4 is 29.4 Å². The molecule has 2 fully saturated rings. The van der Waals surface area contributed by atoms with E-state index in [1.165, 1.54) is 34.5 Å². The Morgan fingerprint density at radius 2 is 1.33 bits per heavy atom. The van der Waals surface area contributed by atoms with Crippen LogP contribution in [0.2, 0.25) is 0 Å². The molecule has 6 rings (SSSR count). The largest absolute Gasteiger partial charge is 0.253 e. The first-order chi connectivity index (χ1) is 16.0. The third kappa shape index (κ3) is 3.12. The number of para-hydroxylation sites is 1. The molecule has 2 aliphatic rings. The molecule has 166 valence electrons. The minimum Gasteiger partial charge on any atom is -0.253 e. The van der Waals surface area contributed by atoms with Crippen LogP contribution in [-0.4, -0.2) is 10.6 Å². The molecule has 1 heterocycles. The van der Waals surface area contributed by atoms with Crippen LogP contribution < -0.4 is 10.6 Å². The minimum atomic E-state index is -0.503. The van der Waals surface area contributed by atoms with Crippen LogP contribution in [0.25, 0.3) is 10.9 Å². The zero-order chi connectivity index (χ0) is 22.6. The topological polar surface area (TPSA) is 12.9 Å². The summed E-state index contributed by atoms with van der Waals surface area (Å²) in [4.78, 5) is 5.32. The lowest BCUT2D eigenvalue weighted by Gasteiger charge is -2.42. The molecule has 0 unspecified atom stereocenters. The monoisotopic (exact) mass is 449 g/mol. The number of pyridine rings is 1. The lowest BCUT2D eigenvalue weighted by molar-refractivity contribution is 0.133. The van der Waals surface area contributed by atoms with Crippen molar-refractivity contribution < 1.29 is 0 Å². The number of benzene rings is 3. The summed E-state index contributed by atoms with van der Waals surface area (Å²) < 4.78 is 0. The van der Waals surface area contributed by atoms with Gasteiger partial charge in [0.1, 0.15) is 0 Å². The van der Waals surface area contributed by atoms with Crippen molar-refractivity contribution in [3.05, 3.63) is 103 Å². The van der Waals surface area contributed by atoms with Gasteiger partial charge in [-0.05, 0) is 65.9 Å². The Morgan fingerprint density at radius 3 is 2.00 bits per heavy atom. The molecule has 0 spiro atoms. The summed E-state index contributed by atoms with van der Waals surface area (Å²) in [6.45, 7) is 7.66. The number of aromatic nitrogens is 1. The maximum atomic E-state index is 5.32. The molecule has 1 nitrogen and oxygen atoms in total. The Balaban J connectivity index is 1.57. The summed E-state index contributed by atoms with van der Waals surface area (Å²) in [7, 11) is -0.503. The molecule has 2 heteroatoms. The summed E-state index contributed by atoms with van der Waals surface area (Å²) in [5.74, 6) is 1.16. The zero-order valence-electron chi connectivity index (χ0n) is 19.8. The Morgan fingerprint density at radius 1 is 0.727 bits per heavy atom. The number of nitrogens with zero attached hydrogens (tertiary/aromatic N) is 1. The highest BCUT2D eigenvalue weighted by atomic mass is 31.1. The van der Waals surface area contributed by atoms with Gasteiger partial charge in [-0.2, -0.15) is 0 Å². The maximum absolute atomic E-state index is 5.32. The quantitative estimate of drug-likeness (QED) is 0.298. The van der Waals surface area contributed by atoms with Crippen molar-refractivity contribution in [1.29, 1.82) is 0 Å². The Bertz CT molecular complexity index is 1240. The molecule has 3 aromatic carbocycles. The predicted octanol–water partition coefficient (Wildman–Crippen LogP) is 7.28. The molecule has 2 aliphatic carbocycles. The number of rotatable bonds is 4. The molecular formula is C31H32NP. The first-order valence-corrected chi connectivity index (χ1v) is 13.7. The van der Waals surface area contributed by atoms with Gasteiger partial charge in [0.2, 0.25) is 0 Å². The minimum absolute atomic E-state index is 0.252. The van der Waals surface area contributed by atoms with Crippen LogP contribution in [-0.2, 0) is 0 Å². The van der Waals surface area contributed by atoms with Gasteiger partial charge in [0, 0.05) is 17.0 Å². The van der Waals surface area contributed by atoms with E-state index in [2.05, 4.69) is 118 Å². The summed E-state index contributed by atoms with van der Waals surface area (Å²) >= 11 is 0. The van der Waals surface area contributed by atoms with Crippen molar-refractivity contribution in [2.75, 3.05) is 0 Å². The molecule has 0 N–H and O–H groups in total. The summed E-state index contributed by atoms with van der Waals surface area (Å²) in [5, 5.41) is 4.24. The highest BCUT2D eigenvalue weighted by molar-refractivity contribution is 7.73. The summed E-state index contributed by atoms with van der Waals surface area (Å²) in [6, 6.07) is 35.8. The maximum Gasteiger partial charge on any atom is 0.0705 e. The third-order valence-electron chi connectivity index (χ3n) is 9.12. The van der Waals surface area contributed by atoms with Gasteiger partial charge in [0.25, 0.3) is 0 Å². The van der Waals surface area contributed by atoms with E-state index < -0.39 is 7.92 Å². The van der Waals surface area contributed by atoms with E-state index in [0.717, 1.165) is 5.52 Å². The highest BCUT2D eigenvalue weighted by Gasteiger charge is 2.68. The van der Waals surface area contributed by atoms with Gasteiger partial charge in [0.15, 0.2) is 0 Å². The van der Waals surface area contributed by atoms with Gasteiger partial charge in [-0.1, -0.05) is 106 Å². The molecule has 0 aliphatic heterocycles. The molecule has 0 radical (unpaired) electrons. The SMILES string of the molecule is CC1(C)[C@@H]2CC[C@@]1(C)[C@H](c1ccc3ccccc3n1)[C@H]2P(c1ccccc1)c1ccccc1. The van der Waals surface area contributed by atoms with Crippen molar-refractivity contribution in [1.82, 2.24) is 4.98 Å². The molecule has 2 saturated carbocycles. The van der Waals surface area contributed by atoms with Gasteiger partial charge in [0.05, 0.1) is 5.52 Å². The van der Waals surface area contributed by atoms with E-state index in [4.69, 9.17) is 4.98 Å². The molecule has 4 aromatic rings. The molecule has 33 heavy (non-hydrogen) atoms.